The van der Waals surface area contributed by atoms with Crippen molar-refractivity contribution in [3.05, 3.63) is 28.7 Å². The third-order valence-corrected chi connectivity index (χ3v) is 2.83. The van der Waals surface area contributed by atoms with Gasteiger partial charge >= 0.3 is 5.69 Å². The fraction of sp³-hybridized carbons (Fsp3) is 0.364. The molecule has 19 heavy (non-hydrogen) atoms. The molecule has 1 aliphatic heterocycles. The standard InChI is InChI=1S/C11H13N5O3/c1-15-11(17)16(14-13-15)9-4-7(12)2-3-10(9)19-8-5-18-6-8/h2-4,8H,5-6,12H2,1H3. The van der Waals surface area contributed by atoms with E-state index in [-0.39, 0.29) is 11.8 Å². The Balaban J connectivity index is 2.05. The molecule has 2 heterocycles. The number of aryl methyl sites for hydroxylation is 1. The quantitative estimate of drug-likeness (QED) is 0.737. The number of nitrogens with two attached hydrogens (primary N) is 1. The van der Waals surface area contributed by atoms with Crippen LogP contribution in [0.4, 0.5) is 5.69 Å². The van der Waals surface area contributed by atoms with Gasteiger partial charge in [0.1, 0.15) is 17.5 Å². The lowest BCUT2D eigenvalue weighted by Gasteiger charge is -2.27. The highest BCUT2D eigenvalue weighted by Gasteiger charge is 2.22. The van der Waals surface area contributed by atoms with E-state index in [1.807, 2.05) is 0 Å². The molecule has 0 bridgehead atoms. The number of nitrogen functional groups attached to an aromatic ring is 1. The van der Waals surface area contributed by atoms with Crippen LogP contribution in [0, 0.1) is 0 Å². The van der Waals surface area contributed by atoms with Crippen LogP contribution in [0.15, 0.2) is 23.0 Å². The molecule has 0 unspecified atom stereocenters. The lowest BCUT2D eigenvalue weighted by Crippen LogP contribution is -2.39. The normalized spacial score (nSPS) is 15.2. The van der Waals surface area contributed by atoms with Gasteiger partial charge in [0.05, 0.1) is 13.2 Å². The average Bonchev–Trinajstić information content (AvgIpc) is 2.66. The molecule has 0 spiro atoms. The van der Waals surface area contributed by atoms with Crippen LogP contribution < -0.4 is 16.2 Å². The van der Waals surface area contributed by atoms with Gasteiger partial charge in [0.2, 0.25) is 0 Å². The van der Waals surface area contributed by atoms with Crippen molar-refractivity contribution in [3.63, 3.8) is 0 Å². The zero-order chi connectivity index (χ0) is 13.4. The number of hydrogen-bond acceptors (Lipinski definition) is 6. The predicted octanol–water partition coefficient (Wildman–Crippen LogP) is -0.674. The molecule has 8 nitrogen and oxygen atoms in total. The Morgan fingerprint density at radius 1 is 1.42 bits per heavy atom. The summed E-state index contributed by atoms with van der Waals surface area (Å²) in [4.78, 5) is 11.9. The third kappa shape index (κ3) is 2.06. The van der Waals surface area contributed by atoms with Crippen molar-refractivity contribution in [1.82, 2.24) is 19.8 Å². The minimum Gasteiger partial charge on any atom is -0.483 e. The topological polar surface area (TPSA) is 97.2 Å². The Bertz CT molecular complexity index is 659. The Hall–Kier alpha value is -2.35. The molecule has 0 amide bonds. The third-order valence-electron chi connectivity index (χ3n) is 2.83. The first kappa shape index (κ1) is 11.7. The van der Waals surface area contributed by atoms with Crippen LogP contribution in [0.5, 0.6) is 5.75 Å². The molecule has 0 atom stereocenters. The summed E-state index contributed by atoms with van der Waals surface area (Å²) < 4.78 is 13.1. The summed E-state index contributed by atoms with van der Waals surface area (Å²) in [5.41, 5.74) is 6.38. The highest BCUT2D eigenvalue weighted by Crippen LogP contribution is 2.26. The molecule has 3 rings (SSSR count). The lowest BCUT2D eigenvalue weighted by molar-refractivity contribution is -0.0797. The minimum atomic E-state index is -0.361. The van der Waals surface area contributed by atoms with E-state index in [4.69, 9.17) is 15.2 Å². The molecule has 0 aliphatic carbocycles. The number of nitrogens with zero attached hydrogens (tertiary/aromatic N) is 4. The summed E-state index contributed by atoms with van der Waals surface area (Å²) in [5, 5.41) is 7.46. The van der Waals surface area contributed by atoms with Crippen LogP contribution in [-0.4, -0.2) is 39.1 Å². The summed E-state index contributed by atoms with van der Waals surface area (Å²) >= 11 is 0. The molecule has 0 radical (unpaired) electrons. The van der Waals surface area contributed by atoms with Crippen molar-refractivity contribution in [2.45, 2.75) is 6.10 Å². The van der Waals surface area contributed by atoms with Gasteiger partial charge in [-0.25, -0.2) is 4.79 Å². The first-order chi connectivity index (χ1) is 9.15. The zero-order valence-electron chi connectivity index (χ0n) is 10.3. The van der Waals surface area contributed by atoms with Crippen molar-refractivity contribution in [2.75, 3.05) is 18.9 Å². The van der Waals surface area contributed by atoms with Crippen molar-refractivity contribution in [3.8, 4) is 11.4 Å². The second-order valence-corrected chi connectivity index (χ2v) is 4.30. The van der Waals surface area contributed by atoms with Crippen LogP contribution in [0.3, 0.4) is 0 Å². The van der Waals surface area contributed by atoms with Gasteiger partial charge in [-0.1, -0.05) is 0 Å². The number of ether oxygens (including phenoxy) is 2. The molecule has 1 fully saturated rings. The molecule has 100 valence electrons. The first-order valence-electron chi connectivity index (χ1n) is 5.78. The number of tetrazole rings is 1. The number of anilines is 1. The van der Waals surface area contributed by atoms with Crippen molar-refractivity contribution >= 4 is 5.69 Å². The van der Waals surface area contributed by atoms with E-state index in [9.17, 15) is 4.79 Å². The van der Waals surface area contributed by atoms with Crippen LogP contribution >= 0.6 is 0 Å². The van der Waals surface area contributed by atoms with E-state index in [2.05, 4.69) is 10.4 Å². The molecule has 1 aliphatic rings. The molecule has 0 saturated carbocycles. The van der Waals surface area contributed by atoms with Gasteiger partial charge in [-0.15, -0.1) is 0 Å². The predicted molar refractivity (Wildman–Crippen MR) is 66.2 cm³/mol. The van der Waals surface area contributed by atoms with E-state index in [1.165, 1.54) is 7.05 Å². The number of rotatable bonds is 3. The molecule has 2 N–H and O–H groups in total. The summed E-state index contributed by atoms with van der Waals surface area (Å²) in [6.45, 7) is 1.08. The van der Waals surface area contributed by atoms with Crippen molar-refractivity contribution in [2.24, 2.45) is 7.05 Å². The Morgan fingerprint density at radius 2 is 2.21 bits per heavy atom. The molecular weight excluding hydrogens is 250 g/mol. The van der Waals surface area contributed by atoms with Gasteiger partial charge in [-0.05, 0) is 28.6 Å². The van der Waals surface area contributed by atoms with E-state index in [0.717, 1.165) is 9.36 Å². The maximum absolute atomic E-state index is 11.9. The van der Waals surface area contributed by atoms with Crippen LogP contribution in [0.2, 0.25) is 0 Å². The van der Waals surface area contributed by atoms with E-state index in [0.29, 0.717) is 30.3 Å². The summed E-state index contributed by atoms with van der Waals surface area (Å²) in [6.07, 6.45) is -0.00486. The molecule has 8 heteroatoms. The Morgan fingerprint density at radius 3 is 2.79 bits per heavy atom. The second-order valence-electron chi connectivity index (χ2n) is 4.30. The van der Waals surface area contributed by atoms with Crippen molar-refractivity contribution < 1.29 is 9.47 Å². The van der Waals surface area contributed by atoms with E-state index < -0.39 is 0 Å². The first-order valence-corrected chi connectivity index (χ1v) is 5.78. The zero-order valence-corrected chi connectivity index (χ0v) is 10.3. The van der Waals surface area contributed by atoms with Gasteiger partial charge in [0, 0.05) is 12.7 Å². The Kier molecular flexibility index (Phi) is 2.71. The van der Waals surface area contributed by atoms with E-state index in [1.54, 1.807) is 18.2 Å². The number of aromatic nitrogens is 4. The van der Waals surface area contributed by atoms with Gasteiger partial charge in [0.25, 0.3) is 0 Å². The van der Waals surface area contributed by atoms with Crippen LogP contribution in [-0.2, 0) is 11.8 Å². The highest BCUT2D eigenvalue weighted by molar-refractivity contribution is 5.55. The second kappa shape index (κ2) is 4.39. The number of benzene rings is 1. The minimum absolute atomic E-state index is 0.00486. The largest absolute Gasteiger partial charge is 0.483 e. The fourth-order valence-corrected chi connectivity index (χ4v) is 1.73. The van der Waals surface area contributed by atoms with Crippen molar-refractivity contribution in [1.29, 1.82) is 0 Å². The van der Waals surface area contributed by atoms with E-state index >= 15 is 0 Å². The van der Waals surface area contributed by atoms with Gasteiger partial charge in [-0.3, -0.25) is 0 Å². The maximum Gasteiger partial charge on any atom is 0.368 e. The van der Waals surface area contributed by atoms with Gasteiger partial charge in [0.15, 0.2) is 0 Å². The van der Waals surface area contributed by atoms with Crippen LogP contribution in [0.1, 0.15) is 0 Å². The maximum atomic E-state index is 11.9. The smallest absolute Gasteiger partial charge is 0.368 e. The molecule has 1 saturated heterocycles. The average molecular weight is 263 g/mol. The molecule has 1 aromatic heterocycles. The Labute approximate surface area is 108 Å². The van der Waals surface area contributed by atoms with Gasteiger partial charge < -0.3 is 15.2 Å². The summed E-state index contributed by atoms with van der Waals surface area (Å²) in [6, 6.07) is 5.05. The SMILES string of the molecule is Cn1nnn(-c2cc(N)ccc2OC2COC2)c1=O. The molecular formula is C11H13N5O3. The molecule has 2 aromatic rings. The lowest BCUT2D eigenvalue weighted by atomic mass is 10.2. The molecule has 1 aromatic carbocycles. The number of hydrogen-bond donors (Lipinski definition) is 1. The van der Waals surface area contributed by atoms with Gasteiger partial charge in [-0.2, -0.15) is 9.36 Å². The fourth-order valence-electron chi connectivity index (χ4n) is 1.73. The summed E-state index contributed by atoms with van der Waals surface area (Å²) in [5.74, 6) is 0.532. The monoisotopic (exact) mass is 263 g/mol. The van der Waals surface area contributed by atoms with Crippen LogP contribution in [0.25, 0.3) is 5.69 Å². The summed E-state index contributed by atoms with van der Waals surface area (Å²) in [7, 11) is 1.53. The highest BCUT2D eigenvalue weighted by atomic mass is 16.6.